The number of halogens is 3. The summed E-state index contributed by atoms with van der Waals surface area (Å²) in [5.74, 6) is 0. The Labute approximate surface area is 171 Å². The third-order valence-electron chi connectivity index (χ3n) is 4.02. The van der Waals surface area contributed by atoms with Crippen molar-refractivity contribution in [2.24, 2.45) is 0 Å². The van der Waals surface area contributed by atoms with Crippen LogP contribution in [0, 0.1) is 10.1 Å². The highest BCUT2D eigenvalue weighted by Gasteiger charge is 2.28. The van der Waals surface area contributed by atoms with Gasteiger partial charge in [-0.05, 0) is 36.8 Å². The van der Waals surface area contributed by atoms with Crippen molar-refractivity contribution in [1.82, 2.24) is 4.57 Å². The van der Waals surface area contributed by atoms with Gasteiger partial charge in [0.15, 0.2) is 0 Å². The molecule has 0 saturated carbocycles. The van der Waals surface area contributed by atoms with Crippen LogP contribution in [-0.4, -0.2) is 16.1 Å². The fourth-order valence-corrected chi connectivity index (χ4v) is 3.23. The topological polar surface area (TPSA) is 57.3 Å². The van der Waals surface area contributed by atoms with Gasteiger partial charge in [0.25, 0.3) is 0 Å². The first-order chi connectivity index (χ1) is 12.9. The zero-order chi connectivity index (χ0) is 19.6. The summed E-state index contributed by atoms with van der Waals surface area (Å²) in [6, 6.07) is 11.8. The largest absolute Gasteiger partial charge is 0.361 e. The number of nitro groups is 1. The van der Waals surface area contributed by atoms with Crippen LogP contribution in [0.1, 0.15) is 6.92 Å². The van der Waals surface area contributed by atoms with Crippen molar-refractivity contribution in [3.8, 4) is 22.4 Å². The van der Waals surface area contributed by atoms with Gasteiger partial charge >= 0.3 is 5.69 Å². The van der Waals surface area contributed by atoms with E-state index in [9.17, 15) is 10.1 Å². The molecule has 0 unspecified atom stereocenters. The first-order valence-electron chi connectivity index (χ1n) is 8.09. The summed E-state index contributed by atoms with van der Waals surface area (Å²) < 4.78 is 7.20. The van der Waals surface area contributed by atoms with E-state index in [1.165, 1.54) is 0 Å². The summed E-state index contributed by atoms with van der Waals surface area (Å²) in [7, 11) is 0. The summed E-state index contributed by atoms with van der Waals surface area (Å²) in [5.41, 5.74) is 2.10. The Morgan fingerprint density at radius 3 is 2.30 bits per heavy atom. The van der Waals surface area contributed by atoms with Crippen LogP contribution < -0.4 is 0 Å². The SMILES string of the molecule is CCOCn1cc(-c2ccc(Cl)cc2)c([N+](=O)[O-])c1-c1ccc(Cl)c(Cl)c1. The molecule has 0 fully saturated rings. The standard InChI is InChI=1S/C19H15Cl3N2O3/c1-2-27-11-23-10-15(12-3-6-14(20)7-4-12)19(24(25)26)18(23)13-5-8-16(21)17(22)9-13/h3-10H,2,11H2,1H3. The first-order valence-corrected chi connectivity index (χ1v) is 9.22. The highest BCUT2D eigenvalue weighted by molar-refractivity contribution is 6.42. The maximum absolute atomic E-state index is 12.0. The Kier molecular flexibility index (Phi) is 6.07. The number of aromatic nitrogens is 1. The lowest BCUT2D eigenvalue weighted by molar-refractivity contribution is -0.383. The molecule has 1 heterocycles. The Balaban J connectivity index is 2.26. The van der Waals surface area contributed by atoms with Crippen LogP contribution in [-0.2, 0) is 11.5 Å². The number of nitrogens with zero attached hydrogens (tertiary/aromatic N) is 2. The fourth-order valence-electron chi connectivity index (χ4n) is 2.81. The maximum atomic E-state index is 12.0. The van der Waals surface area contributed by atoms with Crippen LogP contribution in [0.2, 0.25) is 15.1 Å². The lowest BCUT2D eigenvalue weighted by atomic mass is 10.0. The van der Waals surface area contributed by atoms with Gasteiger partial charge in [0, 0.05) is 23.4 Å². The van der Waals surface area contributed by atoms with Crippen molar-refractivity contribution < 1.29 is 9.66 Å². The van der Waals surface area contributed by atoms with E-state index in [2.05, 4.69) is 0 Å². The van der Waals surface area contributed by atoms with Gasteiger partial charge in [0.2, 0.25) is 0 Å². The summed E-state index contributed by atoms with van der Waals surface area (Å²) in [4.78, 5) is 11.6. The van der Waals surface area contributed by atoms with E-state index in [0.29, 0.717) is 44.1 Å². The third kappa shape index (κ3) is 4.12. The lowest BCUT2D eigenvalue weighted by Gasteiger charge is -2.09. The number of rotatable bonds is 6. The van der Waals surface area contributed by atoms with E-state index in [-0.39, 0.29) is 12.4 Å². The molecule has 3 aromatic rings. The number of benzene rings is 2. The predicted octanol–water partition coefficient (Wildman–Crippen LogP) is 6.68. The molecule has 5 nitrogen and oxygen atoms in total. The van der Waals surface area contributed by atoms with Gasteiger partial charge in [0.05, 0.1) is 20.5 Å². The number of ether oxygens (including phenoxy) is 1. The Morgan fingerprint density at radius 2 is 1.70 bits per heavy atom. The molecule has 0 spiro atoms. The van der Waals surface area contributed by atoms with Crippen LogP contribution in [0.3, 0.4) is 0 Å². The molecule has 0 N–H and O–H groups in total. The van der Waals surface area contributed by atoms with Crippen LogP contribution in [0.15, 0.2) is 48.7 Å². The quantitative estimate of drug-likeness (QED) is 0.327. The average molecular weight is 426 g/mol. The second-order valence-corrected chi connectivity index (χ2v) is 6.98. The fraction of sp³-hybridized carbons (Fsp3) is 0.158. The molecular weight excluding hydrogens is 411 g/mol. The van der Waals surface area contributed by atoms with Crippen LogP contribution in [0.5, 0.6) is 0 Å². The summed E-state index contributed by atoms with van der Waals surface area (Å²) in [6.45, 7) is 2.50. The van der Waals surface area contributed by atoms with E-state index >= 15 is 0 Å². The molecule has 8 heteroatoms. The molecule has 0 aliphatic carbocycles. The van der Waals surface area contributed by atoms with Gasteiger partial charge in [-0.15, -0.1) is 0 Å². The normalized spacial score (nSPS) is 11.0. The van der Waals surface area contributed by atoms with Gasteiger partial charge < -0.3 is 9.30 Å². The Hall–Kier alpha value is -2.05. The summed E-state index contributed by atoms with van der Waals surface area (Å²) in [5, 5.41) is 13.2. The summed E-state index contributed by atoms with van der Waals surface area (Å²) in [6.07, 6.45) is 1.70. The Morgan fingerprint density at radius 1 is 1.04 bits per heavy atom. The van der Waals surface area contributed by atoms with Crippen molar-refractivity contribution in [3.63, 3.8) is 0 Å². The lowest BCUT2D eigenvalue weighted by Crippen LogP contribution is -2.03. The van der Waals surface area contributed by atoms with Crippen molar-refractivity contribution >= 4 is 40.5 Å². The highest BCUT2D eigenvalue weighted by Crippen LogP contribution is 2.42. The number of hydrogen-bond donors (Lipinski definition) is 0. The van der Waals surface area contributed by atoms with E-state index in [4.69, 9.17) is 39.5 Å². The first kappa shape index (κ1) is 19.7. The molecule has 0 radical (unpaired) electrons. The molecule has 140 valence electrons. The molecule has 0 aliphatic rings. The van der Waals surface area contributed by atoms with E-state index < -0.39 is 4.92 Å². The maximum Gasteiger partial charge on any atom is 0.302 e. The van der Waals surface area contributed by atoms with Crippen molar-refractivity contribution in [3.05, 3.63) is 73.8 Å². The van der Waals surface area contributed by atoms with Crippen LogP contribution in [0.25, 0.3) is 22.4 Å². The molecule has 2 aromatic carbocycles. The monoisotopic (exact) mass is 424 g/mol. The molecular formula is C19H15Cl3N2O3. The smallest absolute Gasteiger partial charge is 0.302 e. The number of hydrogen-bond acceptors (Lipinski definition) is 3. The van der Waals surface area contributed by atoms with Gasteiger partial charge in [-0.3, -0.25) is 10.1 Å². The molecule has 0 amide bonds. The molecule has 0 bridgehead atoms. The van der Waals surface area contributed by atoms with Crippen LogP contribution >= 0.6 is 34.8 Å². The molecule has 0 saturated heterocycles. The van der Waals surface area contributed by atoms with Gasteiger partial charge in [-0.1, -0.05) is 53.0 Å². The second-order valence-electron chi connectivity index (χ2n) is 5.72. The summed E-state index contributed by atoms with van der Waals surface area (Å²) >= 11 is 18.1. The highest BCUT2D eigenvalue weighted by atomic mass is 35.5. The minimum atomic E-state index is -0.399. The molecule has 0 atom stereocenters. The second kappa shape index (κ2) is 8.31. The van der Waals surface area contributed by atoms with Gasteiger partial charge in [-0.2, -0.15) is 0 Å². The minimum absolute atomic E-state index is 0.0320. The predicted molar refractivity (Wildman–Crippen MR) is 109 cm³/mol. The minimum Gasteiger partial charge on any atom is -0.361 e. The molecule has 1 aromatic heterocycles. The van der Waals surface area contributed by atoms with E-state index in [0.717, 1.165) is 0 Å². The van der Waals surface area contributed by atoms with Gasteiger partial charge in [0.1, 0.15) is 12.4 Å². The molecule has 0 aliphatic heterocycles. The Bertz CT molecular complexity index is 985. The average Bonchev–Trinajstić information content (AvgIpc) is 3.02. The van der Waals surface area contributed by atoms with Crippen molar-refractivity contribution in [2.75, 3.05) is 6.61 Å². The zero-order valence-corrected chi connectivity index (χ0v) is 16.6. The van der Waals surface area contributed by atoms with E-state index in [1.54, 1.807) is 53.2 Å². The molecule has 27 heavy (non-hydrogen) atoms. The van der Waals surface area contributed by atoms with Crippen molar-refractivity contribution in [2.45, 2.75) is 13.7 Å². The van der Waals surface area contributed by atoms with Crippen molar-refractivity contribution in [1.29, 1.82) is 0 Å². The van der Waals surface area contributed by atoms with Crippen LogP contribution in [0.4, 0.5) is 5.69 Å². The van der Waals surface area contributed by atoms with Gasteiger partial charge in [-0.25, -0.2) is 0 Å². The van der Waals surface area contributed by atoms with E-state index in [1.807, 2.05) is 6.92 Å². The third-order valence-corrected chi connectivity index (χ3v) is 5.01. The zero-order valence-electron chi connectivity index (χ0n) is 14.3. The molecule has 3 rings (SSSR count).